The zero-order chi connectivity index (χ0) is 16.2. The molecule has 1 saturated heterocycles. The quantitative estimate of drug-likeness (QED) is 0.825. The zero-order valence-electron chi connectivity index (χ0n) is 13.7. The summed E-state index contributed by atoms with van der Waals surface area (Å²) in [6.07, 6.45) is 1.49. The van der Waals surface area contributed by atoms with Gasteiger partial charge in [-0.25, -0.2) is 0 Å². The van der Waals surface area contributed by atoms with E-state index in [9.17, 15) is 4.79 Å². The number of H-pyrrole nitrogens is 1. The van der Waals surface area contributed by atoms with Gasteiger partial charge in [0, 0.05) is 31.6 Å². The minimum atomic E-state index is -0.119. The number of carbonyl (C=O) groups excluding carboxylic acids is 1. The number of fused-ring (bicyclic) bond motifs is 1. The largest absolute Gasteiger partial charge is 0.373 e. The fraction of sp³-hybridized carbons (Fsp3) is 0.529. The van der Waals surface area contributed by atoms with Crippen molar-refractivity contribution in [2.75, 3.05) is 26.2 Å². The average molecular weight is 316 g/mol. The molecule has 6 nitrogen and oxygen atoms in total. The zero-order valence-corrected chi connectivity index (χ0v) is 13.7. The molecule has 1 aliphatic rings. The third-order valence-corrected chi connectivity index (χ3v) is 4.12. The number of amides is 1. The average Bonchev–Trinajstić information content (AvgIpc) is 2.94. The van der Waals surface area contributed by atoms with Crippen molar-refractivity contribution >= 4 is 16.8 Å². The van der Waals surface area contributed by atoms with Crippen molar-refractivity contribution in [2.45, 2.75) is 32.5 Å². The molecule has 0 spiro atoms. The summed E-state index contributed by atoms with van der Waals surface area (Å²) in [6.45, 7) is 7.75. The molecular formula is C17H24N4O2. The van der Waals surface area contributed by atoms with E-state index in [4.69, 9.17) is 4.74 Å². The van der Waals surface area contributed by atoms with Gasteiger partial charge in [-0.3, -0.25) is 14.8 Å². The van der Waals surface area contributed by atoms with Crippen molar-refractivity contribution in [3.63, 3.8) is 0 Å². The number of nitrogens with zero attached hydrogens (tertiary/aromatic N) is 2. The number of morpholine rings is 1. The summed E-state index contributed by atoms with van der Waals surface area (Å²) in [6, 6.07) is 7.66. The van der Waals surface area contributed by atoms with Crippen molar-refractivity contribution < 1.29 is 9.53 Å². The van der Waals surface area contributed by atoms with E-state index in [0.717, 1.165) is 37.0 Å². The van der Waals surface area contributed by atoms with E-state index < -0.39 is 0 Å². The molecule has 1 fully saturated rings. The molecule has 3 rings (SSSR count). The van der Waals surface area contributed by atoms with Crippen LogP contribution in [0, 0.1) is 0 Å². The topological polar surface area (TPSA) is 70.2 Å². The minimum absolute atomic E-state index is 0.119. The highest BCUT2D eigenvalue weighted by molar-refractivity contribution is 6.04. The number of nitrogens with one attached hydrogen (secondary N) is 2. The van der Waals surface area contributed by atoms with Gasteiger partial charge in [0.1, 0.15) is 0 Å². The van der Waals surface area contributed by atoms with Crippen LogP contribution in [0.15, 0.2) is 24.3 Å². The van der Waals surface area contributed by atoms with Crippen LogP contribution in [0.4, 0.5) is 0 Å². The van der Waals surface area contributed by atoms with Crippen LogP contribution >= 0.6 is 0 Å². The summed E-state index contributed by atoms with van der Waals surface area (Å²) >= 11 is 0. The van der Waals surface area contributed by atoms with Gasteiger partial charge < -0.3 is 10.1 Å². The Labute approximate surface area is 136 Å². The van der Waals surface area contributed by atoms with E-state index in [1.807, 2.05) is 24.3 Å². The second-order valence-corrected chi connectivity index (χ2v) is 6.24. The number of hydrogen-bond donors (Lipinski definition) is 2. The Kier molecular flexibility index (Phi) is 4.93. The molecule has 0 bridgehead atoms. The van der Waals surface area contributed by atoms with Crippen molar-refractivity contribution in [1.29, 1.82) is 0 Å². The van der Waals surface area contributed by atoms with E-state index >= 15 is 0 Å². The lowest BCUT2D eigenvalue weighted by atomic mass is 10.2. The summed E-state index contributed by atoms with van der Waals surface area (Å²) in [5, 5.41) is 10.8. The number of carbonyl (C=O) groups is 1. The number of ether oxygens (including phenoxy) is 1. The molecule has 1 aromatic carbocycles. The van der Waals surface area contributed by atoms with Crippen molar-refractivity contribution in [1.82, 2.24) is 20.4 Å². The van der Waals surface area contributed by atoms with Crippen molar-refractivity contribution in [3.8, 4) is 0 Å². The Bertz CT molecular complexity index is 659. The smallest absolute Gasteiger partial charge is 0.272 e. The number of benzene rings is 1. The van der Waals surface area contributed by atoms with E-state index in [-0.39, 0.29) is 18.1 Å². The van der Waals surface area contributed by atoms with Crippen LogP contribution in [0.1, 0.15) is 30.8 Å². The minimum Gasteiger partial charge on any atom is -0.373 e. The summed E-state index contributed by atoms with van der Waals surface area (Å²) in [7, 11) is 0. The molecule has 0 saturated carbocycles. The Morgan fingerprint density at radius 3 is 2.87 bits per heavy atom. The molecule has 1 amide bonds. The molecule has 124 valence electrons. The molecular weight excluding hydrogens is 292 g/mol. The van der Waals surface area contributed by atoms with Crippen LogP contribution < -0.4 is 5.32 Å². The molecule has 2 atom stereocenters. The van der Waals surface area contributed by atoms with Gasteiger partial charge in [-0.2, -0.15) is 5.10 Å². The SMILES string of the molecule is C[C@@H]1CN(CCCNC(=O)c2n[nH]c3ccccc23)C[C@@H](C)O1. The number of para-hydroxylation sites is 1. The molecule has 1 aromatic heterocycles. The van der Waals surface area contributed by atoms with Gasteiger partial charge in [-0.1, -0.05) is 18.2 Å². The fourth-order valence-electron chi connectivity index (χ4n) is 3.19. The first-order chi connectivity index (χ1) is 11.1. The molecule has 0 radical (unpaired) electrons. The molecule has 0 aliphatic carbocycles. The standard InChI is InChI=1S/C17H24N4O2/c1-12-10-21(11-13(2)23-12)9-5-8-18-17(22)16-14-6-3-4-7-15(14)19-20-16/h3-4,6-7,12-13H,5,8-11H2,1-2H3,(H,18,22)(H,19,20)/t12-,13-/m1/s1. The highest BCUT2D eigenvalue weighted by Crippen LogP contribution is 2.15. The van der Waals surface area contributed by atoms with Gasteiger partial charge >= 0.3 is 0 Å². The predicted molar refractivity (Wildman–Crippen MR) is 89.5 cm³/mol. The van der Waals surface area contributed by atoms with Gasteiger partial charge in [-0.15, -0.1) is 0 Å². The van der Waals surface area contributed by atoms with Gasteiger partial charge in [0.2, 0.25) is 0 Å². The Morgan fingerprint density at radius 1 is 1.35 bits per heavy atom. The van der Waals surface area contributed by atoms with Crippen molar-refractivity contribution in [2.24, 2.45) is 0 Å². The number of aromatic nitrogens is 2. The monoisotopic (exact) mass is 316 g/mol. The molecule has 6 heteroatoms. The van der Waals surface area contributed by atoms with Gasteiger partial charge in [0.15, 0.2) is 5.69 Å². The van der Waals surface area contributed by atoms with Crippen LogP contribution in [0.5, 0.6) is 0 Å². The molecule has 2 aromatic rings. The van der Waals surface area contributed by atoms with Crippen LogP contribution in [0.25, 0.3) is 10.9 Å². The Balaban J connectivity index is 1.46. The third kappa shape index (κ3) is 3.89. The van der Waals surface area contributed by atoms with E-state index in [1.165, 1.54) is 0 Å². The lowest BCUT2D eigenvalue weighted by molar-refractivity contribution is -0.0679. The van der Waals surface area contributed by atoms with Crippen LogP contribution in [-0.2, 0) is 4.74 Å². The maximum absolute atomic E-state index is 12.2. The summed E-state index contributed by atoms with van der Waals surface area (Å²) in [4.78, 5) is 14.6. The maximum atomic E-state index is 12.2. The van der Waals surface area contributed by atoms with Gasteiger partial charge in [0.05, 0.1) is 17.7 Å². The summed E-state index contributed by atoms with van der Waals surface area (Å²) in [5.74, 6) is -0.119. The third-order valence-electron chi connectivity index (χ3n) is 4.12. The first-order valence-electron chi connectivity index (χ1n) is 8.22. The van der Waals surface area contributed by atoms with Gasteiger partial charge in [0.25, 0.3) is 5.91 Å². The predicted octanol–water partition coefficient (Wildman–Crippen LogP) is 1.79. The Morgan fingerprint density at radius 2 is 2.09 bits per heavy atom. The second-order valence-electron chi connectivity index (χ2n) is 6.24. The first kappa shape index (κ1) is 16.0. The summed E-state index contributed by atoms with van der Waals surface area (Å²) < 4.78 is 5.73. The van der Waals surface area contributed by atoms with E-state index in [1.54, 1.807) is 0 Å². The fourth-order valence-corrected chi connectivity index (χ4v) is 3.19. The normalized spacial score (nSPS) is 22.3. The second kappa shape index (κ2) is 7.10. The number of hydrogen-bond acceptors (Lipinski definition) is 4. The number of rotatable bonds is 5. The Hall–Kier alpha value is -1.92. The molecule has 2 N–H and O–H groups in total. The first-order valence-corrected chi connectivity index (χ1v) is 8.22. The molecule has 0 unspecified atom stereocenters. The maximum Gasteiger partial charge on any atom is 0.272 e. The highest BCUT2D eigenvalue weighted by atomic mass is 16.5. The van der Waals surface area contributed by atoms with E-state index in [0.29, 0.717) is 12.2 Å². The molecule has 1 aliphatic heterocycles. The van der Waals surface area contributed by atoms with Crippen molar-refractivity contribution in [3.05, 3.63) is 30.0 Å². The van der Waals surface area contributed by atoms with E-state index in [2.05, 4.69) is 34.3 Å². The van der Waals surface area contributed by atoms with Gasteiger partial charge in [-0.05, 0) is 26.3 Å². The molecule has 23 heavy (non-hydrogen) atoms. The summed E-state index contributed by atoms with van der Waals surface area (Å²) in [5.41, 5.74) is 1.35. The highest BCUT2D eigenvalue weighted by Gasteiger charge is 2.21. The lowest BCUT2D eigenvalue weighted by Crippen LogP contribution is -2.46. The van der Waals surface area contributed by atoms with Crippen LogP contribution in [-0.4, -0.2) is 59.4 Å². The number of aromatic amines is 1. The molecule has 2 heterocycles. The van der Waals surface area contributed by atoms with Crippen LogP contribution in [0.3, 0.4) is 0 Å². The lowest BCUT2D eigenvalue weighted by Gasteiger charge is -2.35. The van der Waals surface area contributed by atoms with Crippen LogP contribution in [0.2, 0.25) is 0 Å².